The molecule has 1 aromatic rings. The number of allylic oxidation sites excluding steroid dienone is 2. The van der Waals surface area contributed by atoms with Gasteiger partial charge in [-0.05, 0) is 48.8 Å². The van der Waals surface area contributed by atoms with Crippen LogP contribution in [-0.2, 0) is 9.73 Å². The summed E-state index contributed by atoms with van der Waals surface area (Å²) in [5.74, 6) is 0.778. The van der Waals surface area contributed by atoms with Crippen molar-refractivity contribution in [3.05, 3.63) is 41.2 Å². The van der Waals surface area contributed by atoms with Gasteiger partial charge in [0.2, 0.25) is 0 Å². The van der Waals surface area contributed by atoms with Crippen LogP contribution in [0.25, 0.3) is 0 Å². The molecule has 1 aromatic carbocycles. The summed E-state index contributed by atoms with van der Waals surface area (Å²) < 4.78 is 25.5. The highest BCUT2D eigenvalue weighted by atomic mass is 79.9. The SMILES string of the molecule is C=C/C(Br)=C(\N=C(N)Nc1ccc(S(C)(=N)=O)c(OC)c1)N[C@H](C)C(C)(C)O. The van der Waals surface area contributed by atoms with Gasteiger partial charge < -0.3 is 26.2 Å². The van der Waals surface area contributed by atoms with Crippen molar-refractivity contribution in [2.24, 2.45) is 10.7 Å². The van der Waals surface area contributed by atoms with E-state index in [1.807, 2.05) is 6.92 Å². The van der Waals surface area contributed by atoms with Gasteiger partial charge in [0.05, 0.1) is 37.9 Å². The second-order valence-electron chi connectivity index (χ2n) is 6.75. The average Bonchev–Trinajstić information content (AvgIpc) is 2.58. The number of aliphatic imine (C=N–C) groups is 1. The number of anilines is 1. The maximum atomic E-state index is 12.0. The standard InChI is InChI=1S/C18H28BrN5O3S/c1-7-13(19)16(22-11(2)18(3,4)25)24-17(20)23-12-8-9-15(28(6,21)26)14(10-12)27-5/h7-11,21-22,25H,1H2,2-6H3,(H3,20,23,24)/b16-13+/t11-,28?/m1/s1. The number of guanidine groups is 1. The lowest BCUT2D eigenvalue weighted by Crippen LogP contribution is -2.44. The number of nitrogens with one attached hydrogen (secondary N) is 3. The first-order valence-corrected chi connectivity index (χ1v) is 11.1. The van der Waals surface area contributed by atoms with Gasteiger partial charge in [0, 0.05) is 18.0 Å². The molecule has 0 radical (unpaired) electrons. The summed E-state index contributed by atoms with van der Waals surface area (Å²) in [6.45, 7) is 8.88. The molecule has 2 atom stereocenters. The molecule has 0 heterocycles. The van der Waals surface area contributed by atoms with Crippen molar-refractivity contribution in [2.45, 2.75) is 37.3 Å². The van der Waals surface area contributed by atoms with Crippen LogP contribution in [0.15, 0.2) is 51.0 Å². The number of benzene rings is 1. The lowest BCUT2D eigenvalue weighted by atomic mass is 10.0. The first-order valence-electron chi connectivity index (χ1n) is 8.33. The Labute approximate surface area is 175 Å². The fourth-order valence-electron chi connectivity index (χ4n) is 2.00. The number of rotatable bonds is 8. The van der Waals surface area contributed by atoms with Gasteiger partial charge >= 0.3 is 0 Å². The van der Waals surface area contributed by atoms with Crippen molar-refractivity contribution < 1.29 is 14.1 Å². The lowest BCUT2D eigenvalue weighted by Gasteiger charge is -2.28. The molecular weight excluding hydrogens is 446 g/mol. The van der Waals surface area contributed by atoms with Crippen LogP contribution in [0.1, 0.15) is 20.8 Å². The number of halogens is 1. The fourth-order valence-corrected chi connectivity index (χ4v) is 3.05. The third kappa shape index (κ3) is 6.84. The molecule has 0 aromatic heterocycles. The zero-order valence-electron chi connectivity index (χ0n) is 16.7. The lowest BCUT2D eigenvalue weighted by molar-refractivity contribution is 0.0478. The Hall–Kier alpha value is -2.04. The summed E-state index contributed by atoms with van der Waals surface area (Å²) in [5, 5.41) is 16.1. The van der Waals surface area contributed by atoms with Crippen molar-refractivity contribution >= 4 is 37.3 Å². The minimum atomic E-state index is -2.92. The number of aliphatic hydroxyl groups is 1. The van der Waals surface area contributed by atoms with Crippen LogP contribution in [-0.4, -0.2) is 40.3 Å². The van der Waals surface area contributed by atoms with Gasteiger partial charge in [-0.3, -0.25) is 0 Å². The largest absolute Gasteiger partial charge is 0.495 e. The van der Waals surface area contributed by atoms with Gasteiger partial charge in [-0.25, -0.2) is 8.99 Å². The molecule has 6 N–H and O–H groups in total. The van der Waals surface area contributed by atoms with Gasteiger partial charge in [0.15, 0.2) is 5.96 Å². The van der Waals surface area contributed by atoms with E-state index < -0.39 is 15.3 Å². The molecule has 0 fully saturated rings. The topological polar surface area (TPSA) is 133 Å². The van der Waals surface area contributed by atoms with Crippen LogP contribution in [0.5, 0.6) is 5.75 Å². The monoisotopic (exact) mass is 473 g/mol. The van der Waals surface area contributed by atoms with Gasteiger partial charge in [0.25, 0.3) is 0 Å². The van der Waals surface area contributed by atoms with E-state index in [1.165, 1.54) is 13.4 Å². The minimum Gasteiger partial charge on any atom is -0.495 e. The second kappa shape index (κ2) is 9.44. The number of hydrogen-bond acceptors (Lipinski definition) is 6. The Kier molecular flexibility index (Phi) is 8.09. The van der Waals surface area contributed by atoms with Crippen molar-refractivity contribution in [1.29, 1.82) is 4.78 Å². The van der Waals surface area contributed by atoms with Crippen LogP contribution in [0.2, 0.25) is 0 Å². The third-order valence-corrected chi connectivity index (χ3v) is 5.78. The first-order chi connectivity index (χ1) is 12.8. The molecule has 0 aliphatic heterocycles. The predicted molar refractivity (Wildman–Crippen MR) is 118 cm³/mol. The number of methoxy groups -OCH3 is 1. The Morgan fingerprint density at radius 1 is 1.54 bits per heavy atom. The molecule has 0 amide bonds. The van der Waals surface area contributed by atoms with Crippen LogP contribution in [0.3, 0.4) is 0 Å². The smallest absolute Gasteiger partial charge is 0.199 e. The van der Waals surface area contributed by atoms with E-state index in [2.05, 4.69) is 38.1 Å². The van der Waals surface area contributed by atoms with E-state index in [0.29, 0.717) is 26.6 Å². The van der Waals surface area contributed by atoms with Gasteiger partial charge in [0.1, 0.15) is 11.6 Å². The van der Waals surface area contributed by atoms with E-state index in [1.54, 1.807) is 38.1 Å². The highest BCUT2D eigenvalue weighted by Crippen LogP contribution is 2.27. The molecule has 10 heteroatoms. The maximum absolute atomic E-state index is 12.0. The number of nitrogens with two attached hydrogens (primary N) is 1. The highest BCUT2D eigenvalue weighted by molar-refractivity contribution is 9.11. The molecule has 156 valence electrons. The van der Waals surface area contributed by atoms with E-state index in [-0.39, 0.29) is 12.0 Å². The van der Waals surface area contributed by atoms with Gasteiger partial charge in [-0.15, -0.1) is 0 Å². The summed E-state index contributed by atoms with van der Waals surface area (Å²) in [7, 11) is -1.48. The van der Waals surface area contributed by atoms with Crippen LogP contribution in [0, 0.1) is 4.78 Å². The normalized spacial score (nSPS) is 16.5. The van der Waals surface area contributed by atoms with Crippen molar-refractivity contribution in [1.82, 2.24) is 5.32 Å². The van der Waals surface area contributed by atoms with Crippen LogP contribution < -0.4 is 21.1 Å². The van der Waals surface area contributed by atoms with Crippen LogP contribution >= 0.6 is 15.9 Å². The third-order valence-electron chi connectivity index (χ3n) is 3.91. The average molecular weight is 474 g/mol. The zero-order valence-corrected chi connectivity index (χ0v) is 19.1. The Morgan fingerprint density at radius 2 is 2.14 bits per heavy atom. The summed E-state index contributed by atoms with van der Waals surface area (Å²) in [6, 6.07) is 4.46. The molecule has 0 bridgehead atoms. The summed E-state index contributed by atoms with van der Waals surface area (Å²) in [6.07, 6.45) is 2.88. The molecular formula is C18H28BrN5O3S. The van der Waals surface area contributed by atoms with Crippen molar-refractivity contribution in [3.8, 4) is 5.75 Å². The quantitative estimate of drug-likeness (QED) is 0.224. The molecule has 28 heavy (non-hydrogen) atoms. The maximum Gasteiger partial charge on any atom is 0.199 e. The molecule has 1 rings (SSSR count). The molecule has 8 nitrogen and oxygen atoms in total. The van der Waals surface area contributed by atoms with E-state index >= 15 is 0 Å². The minimum absolute atomic E-state index is 0.0714. The first kappa shape index (κ1) is 24.0. The Morgan fingerprint density at radius 3 is 2.61 bits per heavy atom. The molecule has 0 aliphatic rings. The molecule has 0 aliphatic carbocycles. The van der Waals surface area contributed by atoms with E-state index in [9.17, 15) is 9.32 Å². The summed E-state index contributed by atoms with van der Waals surface area (Å²) >= 11 is 3.36. The van der Waals surface area contributed by atoms with E-state index in [0.717, 1.165) is 0 Å². The van der Waals surface area contributed by atoms with E-state index in [4.69, 9.17) is 15.3 Å². The molecule has 0 saturated heterocycles. The molecule has 1 unspecified atom stereocenters. The van der Waals surface area contributed by atoms with Gasteiger partial charge in [-0.2, -0.15) is 4.99 Å². The van der Waals surface area contributed by atoms with Crippen molar-refractivity contribution in [3.63, 3.8) is 0 Å². The van der Waals surface area contributed by atoms with Crippen LogP contribution in [0.4, 0.5) is 5.69 Å². The highest BCUT2D eigenvalue weighted by Gasteiger charge is 2.23. The Bertz CT molecular complexity index is 889. The summed E-state index contributed by atoms with van der Waals surface area (Å²) in [5.41, 5.74) is 5.58. The second-order valence-corrected chi connectivity index (χ2v) is 9.73. The fraction of sp³-hybridized carbons (Fsp3) is 0.389. The number of hydrogen-bond donors (Lipinski definition) is 5. The van der Waals surface area contributed by atoms with Crippen molar-refractivity contribution in [2.75, 3.05) is 18.7 Å². The Balaban J connectivity index is 3.16. The van der Waals surface area contributed by atoms with Gasteiger partial charge in [-0.1, -0.05) is 12.7 Å². The zero-order chi connectivity index (χ0) is 21.7. The predicted octanol–water partition coefficient (Wildman–Crippen LogP) is 2.96. The summed E-state index contributed by atoms with van der Waals surface area (Å²) in [4.78, 5) is 4.61. The number of ether oxygens (including phenoxy) is 1. The molecule has 0 spiro atoms. The molecule has 0 saturated carbocycles. The number of nitrogens with zero attached hydrogens (tertiary/aromatic N) is 1.